The molecule has 5 nitrogen and oxygen atoms in total. The molecule has 1 aliphatic rings. The number of nitrogens with one attached hydrogen (secondary N) is 1. The van der Waals surface area contributed by atoms with Gasteiger partial charge in [0.25, 0.3) is 0 Å². The zero-order valence-corrected chi connectivity index (χ0v) is 13.2. The Kier molecular flexibility index (Phi) is 5.24. The molecule has 0 amide bonds. The lowest BCUT2D eigenvalue weighted by molar-refractivity contribution is 0.0303. The molecule has 1 aromatic carbocycles. The van der Waals surface area contributed by atoms with Crippen molar-refractivity contribution in [2.45, 2.75) is 49.0 Å². The average molecular weight is 313 g/mol. The molecule has 6 heteroatoms. The topological polar surface area (TPSA) is 75.6 Å². The minimum Gasteiger partial charge on any atom is -0.497 e. The van der Waals surface area contributed by atoms with E-state index in [1.807, 2.05) is 0 Å². The normalized spacial score (nSPS) is 19.0. The molecule has 2 rings (SSSR count). The number of benzene rings is 1. The summed E-state index contributed by atoms with van der Waals surface area (Å²) in [7, 11) is -2.07. The molecule has 0 spiro atoms. The van der Waals surface area contributed by atoms with Crippen LogP contribution in [0.15, 0.2) is 29.2 Å². The Labute approximate surface area is 126 Å². The van der Waals surface area contributed by atoms with Crippen molar-refractivity contribution in [3.8, 4) is 5.75 Å². The third-order valence-electron chi connectivity index (χ3n) is 4.00. The van der Waals surface area contributed by atoms with E-state index in [-0.39, 0.29) is 11.4 Å². The molecule has 0 aliphatic heterocycles. The molecule has 0 aromatic heterocycles. The van der Waals surface area contributed by atoms with Crippen LogP contribution in [0.4, 0.5) is 0 Å². The molecule has 0 radical (unpaired) electrons. The van der Waals surface area contributed by atoms with Gasteiger partial charge in [-0.15, -0.1) is 0 Å². The summed E-state index contributed by atoms with van der Waals surface area (Å²) in [4.78, 5) is 0.181. The van der Waals surface area contributed by atoms with E-state index in [1.54, 1.807) is 12.1 Å². The highest BCUT2D eigenvalue weighted by Crippen LogP contribution is 2.27. The van der Waals surface area contributed by atoms with Gasteiger partial charge in [0.15, 0.2) is 0 Å². The van der Waals surface area contributed by atoms with Gasteiger partial charge in [-0.1, -0.05) is 25.7 Å². The maximum atomic E-state index is 12.2. The second-order valence-electron chi connectivity index (χ2n) is 5.64. The van der Waals surface area contributed by atoms with Crippen molar-refractivity contribution in [3.63, 3.8) is 0 Å². The maximum absolute atomic E-state index is 12.2. The summed E-state index contributed by atoms with van der Waals surface area (Å²) >= 11 is 0. The molecular weight excluding hydrogens is 290 g/mol. The number of methoxy groups -OCH3 is 1. The van der Waals surface area contributed by atoms with Crippen LogP contribution in [0.25, 0.3) is 0 Å². The Morgan fingerprint density at radius 2 is 1.71 bits per heavy atom. The molecule has 0 saturated heterocycles. The fourth-order valence-electron chi connectivity index (χ4n) is 2.63. The van der Waals surface area contributed by atoms with E-state index in [0.29, 0.717) is 18.6 Å². The van der Waals surface area contributed by atoms with Gasteiger partial charge >= 0.3 is 0 Å². The van der Waals surface area contributed by atoms with Gasteiger partial charge in [0.05, 0.1) is 17.6 Å². The van der Waals surface area contributed by atoms with Crippen LogP contribution < -0.4 is 9.46 Å². The Bertz CT molecular complexity index is 546. The van der Waals surface area contributed by atoms with Gasteiger partial charge in [-0.3, -0.25) is 0 Å². The molecule has 1 aliphatic carbocycles. The van der Waals surface area contributed by atoms with Gasteiger partial charge in [0, 0.05) is 6.54 Å². The first-order chi connectivity index (χ1) is 9.95. The molecule has 2 N–H and O–H groups in total. The predicted molar refractivity (Wildman–Crippen MR) is 80.8 cm³/mol. The van der Waals surface area contributed by atoms with Crippen LogP contribution in [0.2, 0.25) is 0 Å². The van der Waals surface area contributed by atoms with Crippen molar-refractivity contribution in [1.29, 1.82) is 0 Å². The Morgan fingerprint density at radius 3 is 2.24 bits per heavy atom. The largest absolute Gasteiger partial charge is 0.497 e. The smallest absolute Gasteiger partial charge is 0.240 e. The minimum atomic E-state index is -3.60. The number of hydrogen-bond acceptors (Lipinski definition) is 4. The zero-order chi connectivity index (χ0) is 15.3. The van der Waals surface area contributed by atoms with Crippen LogP contribution in [0.5, 0.6) is 5.75 Å². The number of sulfonamides is 1. The third-order valence-corrected chi connectivity index (χ3v) is 5.41. The number of aliphatic hydroxyl groups is 1. The average Bonchev–Trinajstić information content (AvgIpc) is 2.71. The van der Waals surface area contributed by atoms with E-state index in [2.05, 4.69) is 4.72 Å². The SMILES string of the molecule is COc1ccc(S(=O)(=O)NCC2(O)CCCCCC2)cc1. The van der Waals surface area contributed by atoms with Crippen molar-refractivity contribution in [2.75, 3.05) is 13.7 Å². The third kappa shape index (κ3) is 4.43. The molecule has 0 heterocycles. The lowest BCUT2D eigenvalue weighted by atomic mass is 9.95. The first kappa shape index (κ1) is 16.3. The van der Waals surface area contributed by atoms with Crippen LogP contribution in [0, 0.1) is 0 Å². The van der Waals surface area contributed by atoms with Crippen LogP contribution in [0.1, 0.15) is 38.5 Å². The van der Waals surface area contributed by atoms with Gasteiger partial charge in [0.1, 0.15) is 5.75 Å². The minimum absolute atomic E-state index is 0.0708. The van der Waals surface area contributed by atoms with Crippen LogP contribution in [-0.2, 0) is 10.0 Å². The van der Waals surface area contributed by atoms with E-state index >= 15 is 0 Å². The molecule has 1 saturated carbocycles. The van der Waals surface area contributed by atoms with E-state index < -0.39 is 15.6 Å². The number of hydrogen-bond donors (Lipinski definition) is 2. The molecule has 0 unspecified atom stereocenters. The lowest BCUT2D eigenvalue weighted by Crippen LogP contribution is -2.42. The highest BCUT2D eigenvalue weighted by Gasteiger charge is 2.29. The molecule has 1 fully saturated rings. The van der Waals surface area contributed by atoms with Crippen molar-refractivity contribution in [3.05, 3.63) is 24.3 Å². The highest BCUT2D eigenvalue weighted by atomic mass is 32.2. The first-order valence-electron chi connectivity index (χ1n) is 7.31. The zero-order valence-electron chi connectivity index (χ0n) is 12.3. The monoisotopic (exact) mass is 313 g/mol. The molecule has 1 aromatic rings. The van der Waals surface area contributed by atoms with Gasteiger partial charge in [-0.05, 0) is 37.1 Å². The summed E-state index contributed by atoms with van der Waals surface area (Å²) in [5.41, 5.74) is -0.921. The first-order valence-corrected chi connectivity index (χ1v) is 8.80. The van der Waals surface area contributed by atoms with Crippen molar-refractivity contribution >= 4 is 10.0 Å². The summed E-state index contributed by atoms with van der Waals surface area (Å²) < 4.78 is 32.0. The van der Waals surface area contributed by atoms with Gasteiger partial charge < -0.3 is 9.84 Å². The molecule has 0 atom stereocenters. The molecule has 118 valence electrons. The Balaban J connectivity index is 2.02. The standard InChI is InChI=1S/C15H23NO4S/c1-20-13-6-8-14(9-7-13)21(18,19)16-12-15(17)10-4-2-3-5-11-15/h6-9,16-17H,2-5,10-12H2,1H3. The highest BCUT2D eigenvalue weighted by molar-refractivity contribution is 7.89. The summed E-state index contributed by atoms with van der Waals surface area (Å²) in [5, 5.41) is 10.5. The summed E-state index contributed by atoms with van der Waals surface area (Å²) in [5.74, 6) is 0.608. The summed E-state index contributed by atoms with van der Waals surface area (Å²) in [6, 6.07) is 6.21. The van der Waals surface area contributed by atoms with Gasteiger partial charge in [0.2, 0.25) is 10.0 Å². The Morgan fingerprint density at radius 1 is 1.14 bits per heavy atom. The second kappa shape index (κ2) is 6.77. The van der Waals surface area contributed by atoms with E-state index in [4.69, 9.17) is 4.74 Å². The number of ether oxygens (including phenoxy) is 1. The fourth-order valence-corrected chi connectivity index (χ4v) is 3.75. The van der Waals surface area contributed by atoms with E-state index in [9.17, 15) is 13.5 Å². The predicted octanol–water partition coefficient (Wildman–Crippen LogP) is 2.06. The van der Waals surface area contributed by atoms with E-state index in [1.165, 1.54) is 19.2 Å². The second-order valence-corrected chi connectivity index (χ2v) is 7.41. The maximum Gasteiger partial charge on any atom is 0.240 e. The molecule has 21 heavy (non-hydrogen) atoms. The van der Waals surface area contributed by atoms with Gasteiger partial charge in [-0.25, -0.2) is 13.1 Å². The molecule has 0 bridgehead atoms. The van der Waals surface area contributed by atoms with Gasteiger partial charge in [-0.2, -0.15) is 0 Å². The Hall–Kier alpha value is -1.11. The van der Waals surface area contributed by atoms with Crippen molar-refractivity contribution < 1.29 is 18.3 Å². The van der Waals surface area contributed by atoms with E-state index in [0.717, 1.165) is 25.7 Å². The van der Waals surface area contributed by atoms with Crippen molar-refractivity contribution in [2.24, 2.45) is 0 Å². The quantitative estimate of drug-likeness (QED) is 0.816. The lowest BCUT2D eigenvalue weighted by Gasteiger charge is -2.26. The number of rotatable bonds is 5. The fraction of sp³-hybridized carbons (Fsp3) is 0.600. The molecular formula is C15H23NO4S. The van der Waals surface area contributed by atoms with Crippen LogP contribution in [-0.4, -0.2) is 32.8 Å². The van der Waals surface area contributed by atoms with Crippen molar-refractivity contribution in [1.82, 2.24) is 4.72 Å². The van der Waals surface area contributed by atoms with Crippen LogP contribution >= 0.6 is 0 Å². The summed E-state index contributed by atoms with van der Waals surface area (Å²) in [6.45, 7) is 0.0708. The summed E-state index contributed by atoms with van der Waals surface area (Å²) in [6.07, 6.45) is 5.40. The van der Waals surface area contributed by atoms with Crippen LogP contribution in [0.3, 0.4) is 0 Å².